The Kier molecular flexibility index (Phi) is 4.89. The quantitative estimate of drug-likeness (QED) is 0.783. The summed E-state index contributed by atoms with van der Waals surface area (Å²) in [6.45, 7) is 1.17. The molecular formula is C18H15Cl2N3O3. The van der Waals surface area contributed by atoms with Gasteiger partial charge in [0.05, 0.1) is 10.7 Å². The average molecular weight is 392 g/mol. The molecule has 6 nitrogen and oxygen atoms in total. The van der Waals surface area contributed by atoms with Crippen LogP contribution in [-0.2, 0) is 15.1 Å². The predicted molar refractivity (Wildman–Crippen MR) is 99.1 cm³/mol. The number of rotatable bonds is 4. The van der Waals surface area contributed by atoms with Crippen molar-refractivity contribution in [2.75, 3.05) is 11.9 Å². The molecule has 2 aromatic carbocycles. The third kappa shape index (κ3) is 3.38. The van der Waals surface area contributed by atoms with E-state index in [4.69, 9.17) is 23.2 Å². The number of urea groups is 1. The number of imide groups is 1. The lowest BCUT2D eigenvalue weighted by molar-refractivity contribution is -0.133. The van der Waals surface area contributed by atoms with Gasteiger partial charge in [-0.3, -0.25) is 14.5 Å². The second kappa shape index (κ2) is 6.97. The van der Waals surface area contributed by atoms with Gasteiger partial charge in [0.1, 0.15) is 12.1 Å². The van der Waals surface area contributed by atoms with E-state index >= 15 is 0 Å². The molecule has 0 saturated carbocycles. The third-order valence-electron chi connectivity index (χ3n) is 4.13. The van der Waals surface area contributed by atoms with Crippen LogP contribution in [0.15, 0.2) is 48.5 Å². The molecule has 2 aromatic rings. The van der Waals surface area contributed by atoms with Crippen molar-refractivity contribution in [2.24, 2.45) is 0 Å². The van der Waals surface area contributed by atoms with Gasteiger partial charge >= 0.3 is 6.03 Å². The van der Waals surface area contributed by atoms with Gasteiger partial charge in [0.15, 0.2) is 0 Å². The molecule has 0 bridgehead atoms. The number of amides is 4. The number of carbonyl (C=O) groups excluding carboxylic acids is 3. The van der Waals surface area contributed by atoms with Crippen molar-refractivity contribution in [3.05, 3.63) is 64.1 Å². The van der Waals surface area contributed by atoms with Crippen LogP contribution in [0.25, 0.3) is 0 Å². The first kappa shape index (κ1) is 18.2. The summed E-state index contributed by atoms with van der Waals surface area (Å²) in [5.74, 6) is -1.06. The van der Waals surface area contributed by atoms with Crippen molar-refractivity contribution in [3.8, 4) is 0 Å². The van der Waals surface area contributed by atoms with Crippen LogP contribution in [0.2, 0.25) is 10.0 Å². The molecule has 0 spiro atoms. The zero-order valence-electron chi connectivity index (χ0n) is 13.8. The number of nitrogens with zero attached hydrogens (tertiary/aromatic N) is 1. The fourth-order valence-corrected chi connectivity index (χ4v) is 3.07. The molecule has 0 aromatic heterocycles. The van der Waals surface area contributed by atoms with Gasteiger partial charge in [-0.1, -0.05) is 53.5 Å². The van der Waals surface area contributed by atoms with Gasteiger partial charge < -0.3 is 10.6 Å². The first-order valence-electron chi connectivity index (χ1n) is 7.76. The fraction of sp³-hybridized carbons (Fsp3) is 0.167. The van der Waals surface area contributed by atoms with Gasteiger partial charge in [0.2, 0.25) is 5.91 Å². The van der Waals surface area contributed by atoms with E-state index in [0.29, 0.717) is 21.3 Å². The van der Waals surface area contributed by atoms with Gasteiger partial charge in [-0.2, -0.15) is 0 Å². The maximum atomic E-state index is 12.8. The minimum atomic E-state index is -1.22. The predicted octanol–water partition coefficient (Wildman–Crippen LogP) is 3.40. The van der Waals surface area contributed by atoms with E-state index in [-0.39, 0.29) is 0 Å². The highest BCUT2D eigenvalue weighted by molar-refractivity contribution is 6.35. The SMILES string of the molecule is CC1(c2ccccc2)NC(=O)N(CC(=O)Nc2cc(Cl)ccc2Cl)C1=O. The van der Waals surface area contributed by atoms with E-state index in [9.17, 15) is 14.4 Å². The Morgan fingerprint density at radius 3 is 2.54 bits per heavy atom. The second-order valence-corrected chi connectivity index (χ2v) is 6.83. The van der Waals surface area contributed by atoms with Crippen LogP contribution in [0, 0.1) is 0 Å². The molecule has 0 aliphatic carbocycles. The minimum absolute atomic E-state index is 0.300. The molecule has 1 heterocycles. The highest BCUT2D eigenvalue weighted by Crippen LogP contribution is 2.29. The number of carbonyl (C=O) groups is 3. The van der Waals surface area contributed by atoms with Crippen molar-refractivity contribution in [1.82, 2.24) is 10.2 Å². The van der Waals surface area contributed by atoms with Gasteiger partial charge in [-0.15, -0.1) is 0 Å². The molecule has 1 unspecified atom stereocenters. The number of halogens is 2. The van der Waals surface area contributed by atoms with Crippen LogP contribution < -0.4 is 10.6 Å². The van der Waals surface area contributed by atoms with Crippen molar-refractivity contribution in [3.63, 3.8) is 0 Å². The van der Waals surface area contributed by atoms with Gasteiger partial charge in [0.25, 0.3) is 5.91 Å². The van der Waals surface area contributed by atoms with Crippen LogP contribution in [0.1, 0.15) is 12.5 Å². The van der Waals surface area contributed by atoms with Crippen LogP contribution in [-0.4, -0.2) is 29.3 Å². The van der Waals surface area contributed by atoms with Crippen molar-refractivity contribution in [1.29, 1.82) is 0 Å². The van der Waals surface area contributed by atoms with Crippen molar-refractivity contribution >= 4 is 46.7 Å². The maximum absolute atomic E-state index is 12.8. The van der Waals surface area contributed by atoms with E-state index in [0.717, 1.165) is 4.90 Å². The summed E-state index contributed by atoms with van der Waals surface area (Å²) in [6.07, 6.45) is 0. The molecule has 1 saturated heterocycles. The van der Waals surface area contributed by atoms with Gasteiger partial charge in [0, 0.05) is 5.02 Å². The molecule has 134 valence electrons. The van der Waals surface area contributed by atoms with Crippen molar-refractivity contribution < 1.29 is 14.4 Å². The van der Waals surface area contributed by atoms with Crippen LogP contribution in [0.4, 0.5) is 10.5 Å². The lowest BCUT2D eigenvalue weighted by Crippen LogP contribution is -2.42. The molecule has 2 N–H and O–H groups in total. The fourth-order valence-electron chi connectivity index (χ4n) is 2.73. The maximum Gasteiger partial charge on any atom is 0.325 e. The number of anilines is 1. The van der Waals surface area contributed by atoms with E-state index in [1.807, 2.05) is 6.07 Å². The van der Waals surface area contributed by atoms with Crippen LogP contribution in [0.3, 0.4) is 0 Å². The topological polar surface area (TPSA) is 78.5 Å². The molecule has 0 radical (unpaired) electrons. The number of hydrogen-bond acceptors (Lipinski definition) is 3. The summed E-state index contributed by atoms with van der Waals surface area (Å²) in [5, 5.41) is 5.90. The van der Waals surface area contributed by atoms with Crippen LogP contribution in [0.5, 0.6) is 0 Å². The molecule has 1 atom stereocenters. The smallest absolute Gasteiger partial charge is 0.323 e. The normalized spacial score (nSPS) is 19.4. The Hall–Kier alpha value is -2.57. The number of nitrogens with one attached hydrogen (secondary N) is 2. The molecule has 1 aliphatic rings. The standard InChI is InChI=1S/C18H15Cl2N3O3/c1-18(11-5-3-2-4-6-11)16(25)23(17(26)22-18)10-15(24)21-14-9-12(19)7-8-13(14)20/h2-9H,10H2,1H3,(H,21,24)(H,22,26). The third-order valence-corrected chi connectivity index (χ3v) is 4.70. The first-order valence-corrected chi connectivity index (χ1v) is 8.51. The Labute approximate surface area is 160 Å². The summed E-state index contributed by atoms with van der Waals surface area (Å²) in [5.41, 5.74) is -0.270. The molecule has 4 amide bonds. The Bertz CT molecular complexity index is 889. The Morgan fingerprint density at radius 2 is 1.85 bits per heavy atom. The zero-order chi connectivity index (χ0) is 18.9. The molecule has 26 heavy (non-hydrogen) atoms. The van der Waals surface area contributed by atoms with E-state index in [2.05, 4.69) is 10.6 Å². The molecular weight excluding hydrogens is 377 g/mol. The summed E-state index contributed by atoms with van der Waals surface area (Å²) in [4.78, 5) is 38.2. The molecule has 8 heteroatoms. The van der Waals surface area contributed by atoms with E-state index in [1.54, 1.807) is 43.3 Å². The highest BCUT2D eigenvalue weighted by atomic mass is 35.5. The molecule has 1 aliphatic heterocycles. The van der Waals surface area contributed by atoms with Crippen molar-refractivity contribution in [2.45, 2.75) is 12.5 Å². The lowest BCUT2D eigenvalue weighted by atomic mass is 9.92. The van der Waals surface area contributed by atoms with Crippen LogP contribution >= 0.6 is 23.2 Å². The minimum Gasteiger partial charge on any atom is -0.323 e. The average Bonchev–Trinajstić information content (AvgIpc) is 2.83. The number of hydrogen-bond donors (Lipinski definition) is 2. The Morgan fingerprint density at radius 1 is 1.15 bits per heavy atom. The second-order valence-electron chi connectivity index (χ2n) is 5.98. The summed E-state index contributed by atoms with van der Waals surface area (Å²) in [7, 11) is 0. The largest absolute Gasteiger partial charge is 0.325 e. The highest BCUT2D eigenvalue weighted by Gasteiger charge is 2.49. The van der Waals surface area contributed by atoms with Gasteiger partial charge in [-0.25, -0.2) is 4.79 Å². The molecule has 1 fully saturated rings. The molecule has 3 rings (SSSR count). The summed E-state index contributed by atoms with van der Waals surface area (Å²) in [6, 6.07) is 12.8. The Balaban J connectivity index is 1.76. The zero-order valence-corrected chi connectivity index (χ0v) is 15.3. The summed E-state index contributed by atoms with van der Waals surface area (Å²) < 4.78 is 0. The monoisotopic (exact) mass is 391 g/mol. The lowest BCUT2D eigenvalue weighted by Gasteiger charge is -2.22. The van der Waals surface area contributed by atoms with Gasteiger partial charge in [-0.05, 0) is 30.7 Å². The van der Waals surface area contributed by atoms with E-state index in [1.165, 1.54) is 6.07 Å². The number of benzene rings is 2. The van der Waals surface area contributed by atoms with E-state index < -0.39 is 29.9 Å². The first-order chi connectivity index (χ1) is 12.3. The summed E-state index contributed by atoms with van der Waals surface area (Å²) >= 11 is 11.9.